The van der Waals surface area contributed by atoms with Gasteiger partial charge in [-0.1, -0.05) is 31.5 Å². The molecule has 0 saturated carbocycles. The summed E-state index contributed by atoms with van der Waals surface area (Å²) in [7, 11) is 0. The molecule has 29 heavy (non-hydrogen) atoms. The van der Waals surface area contributed by atoms with Gasteiger partial charge >= 0.3 is 5.97 Å². The summed E-state index contributed by atoms with van der Waals surface area (Å²) in [6.45, 7) is 3.12. The number of thiazole rings is 1. The first kappa shape index (κ1) is 19.3. The lowest BCUT2D eigenvalue weighted by Gasteiger charge is -2.14. The van der Waals surface area contributed by atoms with Crippen LogP contribution < -0.4 is 0 Å². The van der Waals surface area contributed by atoms with E-state index >= 15 is 0 Å². The standard InChI is InChI=1S/C22H22N4O2S/c1-2-15(9-10-26-14-23-13-24-26)11-16-3-8-19-20(12-16)29-21(25-19)17-4-6-18(7-5-17)22(27)28/h3-8,12-15H,2,9-11H2,1H3,(H,27,28). The number of carbonyl (C=O) groups is 1. The number of aryl methyl sites for hydroxylation is 1. The van der Waals surface area contributed by atoms with Gasteiger partial charge in [-0.2, -0.15) is 5.10 Å². The van der Waals surface area contributed by atoms with Crippen molar-refractivity contribution in [3.63, 3.8) is 0 Å². The van der Waals surface area contributed by atoms with Crippen molar-refractivity contribution in [2.24, 2.45) is 5.92 Å². The van der Waals surface area contributed by atoms with Gasteiger partial charge in [0.05, 0.1) is 15.8 Å². The van der Waals surface area contributed by atoms with E-state index in [0.717, 1.165) is 46.6 Å². The summed E-state index contributed by atoms with van der Waals surface area (Å²) in [6.07, 6.45) is 6.56. The van der Waals surface area contributed by atoms with Gasteiger partial charge in [0.1, 0.15) is 17.7 Å². The quantitative estimate of drug-likeness (QED) is 0.449. The minimum atomic E-state index is -0.917. The lowest BCUT2D eigenvalue weighted by Crippen LogP contribution is -2.09. The zero-order chi connectivity index (χ0) is 20.2. The molecule has 7 heteroatoms. The van der Waals surface area contributed by atoms with Crippen molar-refractivity contribution < 1.29 is 9.90 Å². The molecule has 1 unspecified atom stereocenters. The molecule has 0 spiro atoms. The topological polar surface area (TPSA) is 80.9 Å². The minimum Gasteiger partial charge on any atom is -0.478 e. The van der Waals surface area contributed by atoms with Gasteiger partial charge in [-0.05, 0) is 48.6 Å². The van der Waals surface area contributed by atoms with Gasteiger partial charge in [0.15, 0.2) is 0 Å². The molecule has 0 aliphatic heterocycles. The molecule has 0 fully saturated rings. The molecule has 2 aromatic heterocycles. The Morgan fingerprint density at radius 1 is 1.21 bits per heavy atom. The third-order valence-corrected chi connectivity index (χ3v) is 6.23. The van der Waals surface area contributed by atoms with E-state index in [4.69, 9.17) is 10.1 Å². The Morgan fingerprint density at radius 2 is 2.03 bits per heavy atom. The fourth-order valence-corrected chi connectivity index (χ4v) is 4.46. The normalized spacial score (nSPS) is 12.3. The van der Waals surface area contributed by atoms with Crippen LogP contribution in [-0.4, -0.2) is 30.8 Å². The van der Waals surface area contributed by atoms with Crippen LogP contribution in [0.2, 0.25) is 0 Å². The van der Waals surface area contributed by atoms with E-state index in [1.807, 2.05) is 16.8 Å². The summed E-state index contributed by atoms with van der Waals surface area (Å²) >= 11 is 1.64. The number of rotatable bonds is 8. The molecule has 4 rings (SSSR count). The van der Waals surface area contributed by atoms with Crippen molar-refractivity contribution in [2.45, 2.75) is 32.7 Å². The Kier molecular flexibility index (Phi) is 5.67. The van der Waals surface area contributed by atoms with E-state index in [-0.39, 0.29) is 5.56 Å². The highest BCUT2D eigenvalue weighted by Crippen LogP contribution is 2.31. The molecule has 148 valence electrons. The van der Waals surface area contributed by atoms with Crippen LogP contribution >= 0.6 is 11.3 Å². The molecular weight excluding hydrogens is 384 g/mol. The second-order valence-corrected chi connectivity index (χ2v) is 8.16. The summed E-state index contributed by atoms with van der Waals surface area (Å²) in [5.41, 5.74) is 3.52. The van der Waals surface area contributed by atoms with E-state index in [1.54, 1.807) is 36.1 Å². The van der Waals surface area contributed by atoms with Crippen LogP contribution in [0.1, 0.15) is 35.7 Å². The predicted octanol–water partition coefficient (Wildman–Crippen LogP) is 4.91. The molecule has 2 heterocycles. The summed E-state index contributed by atoms with van der Waals surface area (Å²) in [4.78, 5) is 19.8. The van der Waals surface area contributed by atoms with Crippen molar-refractivity contribution in [3.05, 3.63) is 66.2 Å². The number of hydrogen-bond acceptors (Lipinski definition) is 5. The molecular formula is C22H22N4O2S. The monoisotopic (exact) mass is 406 g/mol. The van der Waals surface area contributed by atoms with Gasteiger partial charge in [-0.15, -0.1) is 11.3 Å². The minimum absolute atomic E-state index is 0.286. The molecule has 1 atom stereocenters. The maximum Gasteiger partial charge on any atom is 0.335 e. The maximum atomic E-state index is 11.0. The van der Waals surface area contributed by atoms with Crippen LogP contribution in [0.3, 0.4) is 0 Å². The molecule has 1 N–H and O–H groups in total. The lowest BCUT2D eigenvalue weighted by molar-refractivity contribution is 0.0697. The predicted molar refractivity (Wildman–Crippen MR) is 114 cm³/mol. The second-order valence-electron chi connectivity index (χ2n) is 7.13. The van der Waals surface area contributed by atoms with E-state index < -0.39 is 5.97 Å². The van der Waals surface area contributed by atoms with Crippen molar-refractivity contribution in [3.8, 4) is 10.6 Å². The first-order valence-electron chi connectivity index (χ1n) is 9.68. The second kappa shape index (κ2) is 8.53. The Balaban J connectivity index is 1.49. The molecule has 2 aromatic carbocycles. The highest BCUT2D eigenvalue weighted by molar-refractivity contribution is 7.21. The van der Waals surface area contributed by atoms with Gasteiger partial charge in [0.25, 0.3) is 0 Å². The van der Waals surface area contributed by atoms with Crippen LogP contribution in [0.5, 0.6) is 0 Å². The number of hydrogen-bond donors (Lipinski definition) is 1. The van der Waals surface area contributed by atoms with Crippen LogP contribution in [0.4, 0.5) is 0 Å². The zero-order valence-electron chi connectivity index (χ0n) is 16.2. The summed E-state index contributed by atoms with van der Waals surface area (Å²) in [5, 5.41) is 14.1. The molecule has 0 aliphatic rings. The Morgan fingerprint density at radius 3 is 2.72 bits per heavy atom. The number of aromatic nitrogens is 4. The largest absolute Gasteiger partial charge is 0.478 e. The van der Waals surface area contributed by atoms with Crippen LogP contribution in [-0.2, 0) is 13.0 Å². The van der Waals surface area contributed by atoms with Gasteiger partial charge in [-0.3, -0.25) is 4.68 Å². The number of benzene rings is 2. The maximum absolute atomic E-state index is 11.0. The fraction of sp³-hybridized carbons (Fsp3) is 0.273. The Hall–Kier alpha value is -3.06. The highest BCUT2D eigenvalue weighted by atomic mass is 32.1. The van der Waals surface area contributed by atoms with Crippen molar-refractivity contribution in [2.75, 3.05) is 0 Å². The van der Waals surface area contributed by atoms with E-state index in [1.165, 1.54) is 5.56 Å². The van der Waals surface area contributed by atoms with Crippen LogP contribution in [0.15, 0.2) is 55.1 Å². The van der Waals surface area contributed by atoms with Crippen molar-refractivity contribution in [1.82, 2.24) is 19.7 Å². The summed E-state index contributed by atoms with van der Waals surface area (Å²) < 4.78 is 3.04. The number of carboxylic acids is 1. The first-order valence-corrected chi connectivity index (χ1v) is 10.5. The SMILES string of the molecule is CCC(CCn1cncn1)Cc1ccc2nc(-c3ccc(C(=O)O)cc3)sc2c1. The molecule has 0 radical (unpaired) electrons. The van der Waals surface area contributed by atoms with Gasteiger partial charge in [0.2, 0.25) is 0 Å². The lowest BCUT2D eigenvalue weighted by atomic mass is 9.94. The third kappa shape index (κ3) is 4.51. The molecule has 0 amide bonds. The number of nitrogens with zero attached hydrogens (tertiary/aromatic N) is 4. The molecule has 0 bridgehead atoms. The van der Waals surface area contributed by atoms with E-state index in [0.29, 0.717) is 5.92 Å². The molecule has 6 nitrogen and oxygen atoms in total. The number of carboxylic acid groups (broad SMARTS) is 1. The summed E-state index contributed by atoms with van der Waals surface area (Å²) in [5.74, 6) is -0.326. The Bertz CT molecular complexity index is 1100. The third-order valence-electron chi connectivity index (χ3n) is 5.17. The van der Waals surface area contributed by atoms with E-state index in [2.05, 4.69) is 35.2 Å². The summed E-state index contributed by atoms with van der Waals surface area (Å²) in [6, 6.07) is 13.4. The highest BCUT2D eigenvalue weighted by Gasteiger charge is 2.12. The average molecular weight is 407 g/mol. The smallest absolute Gasteiger partial charge is 0.335 e. The number of fused-ring (bicyclic) bond motifs is 1. The molecule has 4 aromatic rings. The fourth-order valence-electron chi connectivity index (χ4n) is 3.42. The van der Waals surface area contributed by atoms with Crippen LogP contribution in [0, 0.1) is 5.92 Å². The van der Waals surface area contributed by atoms with Gasteiger partial charge in [0, 0.05) is 12.1 Å². The van der Waals surface area contributed by atoms with Crippen LogP contribution in [0.25, 0.3) is 20.8 Å². The first-order chi connectivity index (χ1) is 14.1. The van der Waals surface area contributed by atoms with Crippen molar-refractivity contribution in [1.29, 1.82) is 0 Å². The molecule has 0 saturated heterocycles. The Labute approximate surface area is 172 Å². The van der Waals surface area contributed by atoms with E-state index in [9.17, 15) is 4.79 Å². The van der Waals surface area contributed by atoms with Gasteiger partial charge in [-0.25, -0.2) is 14.8 Å². The number of aromatic carboxylic acids is 1. The zero-order valence-corrected chi connectivity index (χ0v) is 17.0. The molecule has 0 aliphatic carbocycles. The average Bonchev–Trinajstić information content (AvgIpc) is 3.40. The van der Waals surface area contributed by atoms with Crippen molar-refractivity contribution >= 4 is 27.5 Å². The van der Waals surface area contributed by atoms with Gasteiger partial charge < -0.3 is 5.11 Å².